The molecule has 0 heterocycles. The Labute approximate surface area is 95.7 Å². The summed E-state index contributed by atoms with van der Waals surface area (Å²) in [4.78, 5) is 11.2. The minimum Gasteiger partial charge on any atom is -0.498 e. The lowest BCUT2D eigenvalue weighted by Crippen LogP contribution is -2.02. The first-order valence-electron chi connectivity index (χ1n) is 5.21. The van der Waals surface area contributed by atoms with Gasteiger partial charge in [-0.3, -0.25) is 0 Å². The molecule has 0 amide bonds. The van der Waals surface area contributed by atoms with Crippen LogP contribution in [0.4, 0.5) is 0 Å². The highest BCUT2D eigenvalue weighted by Gasteiger charge is 1.98. The lowest BCUT2D eigenvalue weighted by atomic mass is 10.2. The van der Waals surface area contributed by atoms with E-state index in [0.717, 1.165) is 5.56 Å². The molecule has 0 unspecified atom stereocenters. The first-order valence-corrected chi connectivity index (χ1v) is 5.21. The number of esters is 1. The van der Waals surface area contributed by atoms with Crippen molar-refractivity contribution in [2.45, 2.75) is 26.6 Å². The van der Waals surface area contributed by atoms with Gasteiger partial charge in [0.1, 0.15) is 6.61 Å². The molecule has 0 bridgehead atoms. The smallest absolute Gasteiger partial charge is 0.334 e. The maximum absolute atomic E-state index is 11.2. The van der Waals surface area contributed by atoms with Crippen molar-refractivity contribution in [3.63, 3.8) is 0 Å². The van der Waals surface area contributed by atoms with Crippen LogP contribution in [0.5, 0.6) is 0 Å². The van der Waals surface area contributed by atoms with Gasteiger partial charge in [0.2, 0.25) is 0 Å². The largest absolute Gasteiger partial charge is 0.498 e. The monoisotopic (exact) mass is 220 g/mol. The second-order valence-corrected chi connectivity index (χ2v) is 3.58. The molecule has 86 valence electrons. The zero-order valence-corrected chi connectivity index (χ0v) is 9.55. The molecule has 0 atom stereocenters. The lowest BCUT2D eigenvalue weighted by Gasteiger charge is -2.03. The Kier molecular flexibility index (Phi) is 5.12. The van der Waals surface area contributed by atoms with E-state index in [-0.39, 0.29) is 12.7 Å². The predicted molar refractivity (Wildman–Crippen MR) is 61.6 cm³/mol. The Morgan fingerprint density at radius 2 is 2.00 bits per heavy atom. The number of rotatable bonds is 5. The molecule has 0 saturated heterocycles. The molecular weight excluding hydrogens is 204 g/mol. The minimum atomic E-state index is -0.399. The third-order valence-corrected chi connectivity index (χ3v) is 1.78. The molecule has 0 aromatic heterocycles. The average Bonchev–Trinajstić information content (AvgIpc) is 2.27. The number of hydrogen-bond donors (Lipinski definition) is 0. The normalized spacial score (nSPS) is 10.7. The molecule has 0 spiro atoms. The van der Waals surface area contributed by atoms with E-state index in [2.05, 4.69) is 0 Å². The molecule has 0 aliphatic heterocycles. The SMILES string of the molecule is CC(C)OC=CC(=O)OCc1ccccc1. The van der Waals surface area contributed by atoms with E-state index in [9.17, 15) is 4.79 Å². The van der Waals surface area contributed by atoms with Gasteiger partial charge >= 0.3 is 5.97 Å². The second-order valence-electron chi connectivity index (χ2n) is 3.58. The van der Waals surface area contributed by atoms with Crippen LogP contribution in [0.3, 0.4) is 0 Å². The summed E-state index contributed by atoms with van der Waals surface area (Å²) in [6, 6.07) is 9.53. The molecule has 3 nitrogen and oxygen atoms in total. The first kappa shape index (κ1) is 12.3. The number of carbonyl (C=O) groups excluding carboxylic acids is 1. The van der Waals surface area contributed by atoms with Gasteiger partial charge in [0.05, 0.1) is 18.4 Å². The van der Waals surface area contributed by atoms with Gasteiger partial charge in [-0.2, -0.15) is 0 Å². The fourth-order valence-corrected chi connectivity index (χ4v) is 1.03. The van der Waals surface area contributed by atoms with Crippen LogP contribution in [-0.2, 0) is 20.9 Å². The zero-order valence-electron chi connectivity index (χ0n) is 9.55. The third-order valence-electron chi connectivity index (χ3n) is 1.78. The molecule has 1 rings (SSSR count). The Balaban J connectivity index is 2.28. The Hall–Kier alpha value is -1.77. The van der Waals surface area contributed by atoms with Gasteiger partial charge in [-0.1, -0.05) is 30.3 Å². The highest BCUT2D eigenvalue weighted by molar-refractivity contribution is 5.81. The van der Waals surface area contributed by atoms with E-state index in [4.69, 9.17) is 9.47 Å². The molecule has 0 saturated carbocycles. The molecule has 0 fully saturated rings. The van der Waals surface area contributed by atoms with Crippen molar-refractivity contribution in [2.24, 2.45) is 0 Å². The molecular formula is C13H16O3. The Morgan fingerprint density at radius 3 is 2.62 bits per heavy atom. The van der Waals surface area contributed by atoms with Gasteiger partial charge < -0.3 is 9.47 Å². The molecule has 16 heavy (non-hydrogen) atoms. The van der Waals surface area contributed by atoms with Crippen molar-refractivity contribution in [3.8, 4) is 0 Å². The fourth-order valence-electron chi connectivity index (χ4n) is 1.03. The summed E-state index contributed by atoms with van der Waals surface area (Å²) in [7, 11) is 0. The predicted octanol–water partition coefficient (Wildman–Crippen LogP) is 2.67. The quantitative estimate of drug-likeness (QED) is 0.435. The lowest BCUT2D eigenvalue weighted by molar-refractivity contribution is -0.139. The molecule has 0 aliphatic rings. The first-order chi connectivity index (χ1) is 7.68. The van der Waals surface area contributed by atoms with E-state index < -0.39 is 5.97 Å². The van der Waals surface area contributed by atoms with E-state index in [1.54, 1.807) is 0 Å². The summed E-state index contributed by atoms with van der Waals surface area (Å²) in [5.41, 5.74) is 0.967. The summed E-state index contributed by atoms with van der Waals surface area (Å²) in [5.74, 6) is -0.399. The van der Waals surface area contributed by atoms with Crippen LogP contribution in [0, 0.1) is 0 Å². The summed E-state index contributed by atoms with van der Waals surface area (Å²) < 4.78 is 10.1. The van der Waals surface area contributed by atoms with Crippen molar-refractivity contribution in [3.05, 3.63) is 48.2 Å². The van der Waals surface area contributed by atoms with Crippen LogP contribution >= 0.6 is 0 Å². The van der Waals surface area contributed by atoms with Crippen LogP contribution in [0.2, 0.25) is 0 Å². The van der Waals surface area contributed by atoms with Crippen molar-refractivity contribution in [1.82, 2.24) is 0 Å². The van der Waals surface area contributed by atoms with Crippen molar-refractivity contribution < 1.29 is 14.3 Å². The van der Waals surface area contributed by atoms with Gasteiger partial charge in [0.15, 0.2) is 0 Å². The second kappa shape index (κ2) is 6.67. The van der Waals surface area contributed by atoms with E-state index in [1.807, 2.05) is 44.2 Å². The number of benzene rings is 1. The van der Waals surface area contributed by atoms with Crippen LogP contribution in [0.1, 0.15) is 19.4 Å². The van der Waals surface area contributed by atoms with Gasteiger partial charge in [-0.25, -0.2) is 4.79 Å². The van der Waals surface area contributed by atoms with Gasteiger partial charge in [-0.05, 0) is 19.4 Å². The average molecular weight is 220 g/mol. The van der Waals surface area contributed by atoms with Gasteiger partial charge in [0.25, 0.3) is 0 Å². The molecule has 0 radical (unpaired) electrons. The summed E-state index contributed by atoms with van der Waals surface area (Å²) in [6.07, 6.45) is 2.71. The summed E-state index contributed by atoms with van der Waals surface area (Å²) in [6.45, 7) is 4.06. The maximum atomic E-state index is 11.2. The summed E-state index contributed by atoms with van der Waals surface area (Å²) in [5, 5.41) is 0. The number of ether oxygens (including phenoxy) is 2. The molecule has 3 heteroatoms. The van der Waals surface area contributed by atoms with Crippen LogP contribution in [-0.4, -0.2) is 12.1 Å². The van der Waals surface area contributed by atoms with Gasteiger partial charge in [0, 0.05) is 0 Å². The zero-order chi connectivity index (χ0) is 11.8. The van der Waals surface area contributed by atoms with E-state index >= 15 is 0 Å². The molecule has 0 aliphatic carbocycles. The van der Waals surface area contributed by atoms with Crippen LogP contribution in [0.15, 0.2) is 42.7 Å². The van der Waals surface area contributed by atoms with Gasteiger partial charge in [-0.15, -0.1) is 0 Å². The fraction of sp³-hybridized carbons (Fsp3) is 0.308. The highest BCUT2D eigenvalue weighted by Crippen LogP contribution is 2.01. The van der Waals surface area contributed by atoms with E-state index in [0.29, 0.717) is 0 Å². The molecule has 1 aromatic rings. The van der Waals surface area contributed by atoms with Crippen molar-refractivity contribution in [1.29, 1.82) is 0 Å². The Bertz CT molecular complexity index is 341. The van der Waals surface area contributed by atoms with Crippen molar-refractivity contribution in [2.75, 3.05) is 0 Å². The highest BCUT2D eigenvalue weighted by atomic mass is 16.5. The summed E-state index contributed by atoms with van der Waals surface area (Å²) >= 11 is 0. The minimum absolute atomic E-state index is 0.0678. The van der Waals surface area contributed by atoms with E-state index in [1.165, 1.54) is 12.3 Å². The molecule has 1 aromatic carbocycles. The molecule has 0 N–H and O–H groups in total. The number of hydrogen-bond acceptors (Lipinski definition) is 3. The van der Waals surface area contributed by atoms with Crippen LogP contribution < -0.4 is 0 Å². The van der Waals surface area contributed by atoms with Crippen LogP contribution in [0.25, 0.3) is 0 Å². The standard InChI is InChI=1S/C13H16O3/c1-11(2)15-9-8-13(14)16-10-12-6-4-3-5-7-12/h3-9,11H,10H2,1-2H3. The Morgan fingerprint density at radius 1 is 1.31 bits per heavy atom. The maximum Gasteiger partial charge on any atom is 0.334 e. The topological polar surface area (TPSA) is 35.5 Å². The van der Waals surface area contributed by atoms with Crippen molar-refractivity contribution >= 4 is 5.97 Å². The number of carbonyl (C=O) groups is 1. The third kappa shape index (κ3) is 5.20.